The van der Waals surface area contributed by atoms with Gasteiger partial charge >= 0.3 is 0 Å². The van der Waals surface area contributed by atoms with Crippen molar-refractivity contribution in [3.05, 3.63) is 66.0 Å². The Morgan fingerprint density at radius 1 is 1.10 bits per heavy atom. The van der Waals surface area contributed by atoms with Crippen LogP contribution in [0, 0.1) is 5.82 Å². The van der Waals surface area contributed by atoms with Crippen LogP contribution in [0.4, 0.5) is 4.39 Å². The van der Waals surface area contributed by atoms with Crippen LogP contribution in [0.1, 0.15) is 12.0 Å². The maximum absolute atomic E-state index is 14.0. The van der Waals surface area contributed by atoms with Gasteiger partial charge in [-0.1, -0.05) is 42.5 Å². The van der Waals surface area contributed by atoms with Gasteiger partial charge in [0.1, 0.15) is 16.8 Å². The van der Waals surface area contributed by atoms with E-state index in [1.54, 1.807) is 30.3 Å². The molecule has 0 aliphatic carbocycles. The minimum absolute atomic E-state index is 0.0255. The van der Waals surface area contributed by atoms with Crippen molar-refractivity contribution in [1.29, 1.82) is 0 Å². The molecule has 3 rings (SSSR count). The van der Waals surface area contributed by atoms with Crippen molar-refractivity contribution in [2.75, 3.05) is 11.5 Å². The SMILES string of the molecule is O=C(N[C@@H]1CCS(=O)(=O)C1)[C@H](Cc1ccccc1)NS(=O)(=O)c1ccccc1F. The van der Waals surface area contributed by atoms with Crippen molar-refractivity contribution in [3.63, 3.8) is 0 Å². The zero-order chi connectivity index (χ0) is 21.1. The zero-order valence-corrected chi connectivity index (χ0v) is 17.0. The molecule has 1 aliphatic rings. The molecule has 1 fully saturated rings. The largest absolute Gasteiger partial charge is 0.351 e. The summed E-state index contributed by atoms with van der Waals surface area (Å²) >= 11 is 0. The Morgan fingerprint density at radius 2 is 1.76 bits per heavy atom. The standard InChI is InChI=1S/C19H21FN2O5S2/c20-16-8-4-5-9-18(16)29(26,27)22-17(12-14-6-2-1-3-7-14)19(23)21-15-10-11-28(24,25)13-15/h1-9,15,17,22H,10-13H2,(H,21,23)/t15-,17+/m1/s1. The summed E-state index contributed by atoms with van der Waals surface area (Å²) in [5.74, 6) is -1.80. The molecule has 0 aromatic heterocycles. The highest BCUT2D eigenvalue weighted by Crippen LogP contribution is 2.16. The number of amides is 1. The average molecular weight is 441 g/mol. The lowest BCUT2D eigenvalue weighted by Crippen LogP contribution is -2.51. The molecule has 1 aliphatic heterocycles. The van der Waals surface area contributed by atoms with Crippen molar-refractivity contribution < 1.29 is 26.0 Å². The Morgan fingerprint density at radius 3 is 2.38 bits per heavy atom. The van der Waals surface area contributed by atoms with E-state index >= 15 is 0 Å². The van der Waals surface area contributed by atoms with E-state index in [2.05, 4.69) is 10.0 Å². The molecule has 0 unspecified atom stereocenters. The van der Waals surface area contributed by atoms with E-state index in [9.17, 15) is 26.0 Å². The van der Waals surface area contributed by atoms with E-state index in [0.29, 0.717) is 5.56 Å². The van der Waals surface area contributed by atoms with Crippen LogP contribution >= 0.6 is 0 Å². The maximum atomic E-state index is 14.0. The molecule has 10 heteroatoms. The van der Waals surface area contributed by atoms with E-state index in [0.717, 1.165) is 12.1 Å². The fourth-order valence-corrected chi connectivity index (χ4v) is 6.11. The number of carbonyl (C=O) groups excluding carboxylic acids is 1. The smallest absolute Gasteiger partial charge is 0.244 e. The van der Waals surface area contributed by atoms with E-state index < -0.39 is 48.6 Å². The molecule has 2 N–H and O–H groups in total. The monoisotopic (exact) mass is 440 g/mol. The second-order valence-corrected chi connectivity index (χ2v) is 10.8. The van der Waals surface area contributed by atoms with Gasteiger partial charge in [-0.15, -0.1) is 0 Å². The first-order chi connectivity index (χ1) is 13.7. The molecular formula is C19H21FN2O5S2. The van der Waals surface area contributed by atoms with Gasteiger partial charge in [0.2, 0.25) is 15.9 Å². The van der Waals surface area contributed by atoms with Gasteiger partial charge in [-0.25, -0.2) is 21.2 Å². The van der Waals surface area contributed by atoms with E-state index in [-0.39, 0.29) is 24.3 Å². The first kappa shape index (κ1) is 21.4. The minimum Gasteiger partial charge on any atom is -0.351 e. The van der Waals surface area contributed by atoms with Gasteiger partial charge < -0.3 is 5.32 Å². The lowest BCUT2D eigenvalue weighted by atomic mass is 10.1. The number of benzene rings is 2. The highest BCUT2D eigenvalue weighted by atomic mass is 32.2. The maximum Gasteiger partial charge on any atom is 0.244 e. The number of carbonyl (C=O) groups is 1. The zero-order valence-electron chi connectivity index (χ0n) is 15.4. The van der Waals surface area contributed by atoms with Crippen LogP contribution in [0.5, 0.6) is 0 Å². The van der Waals surface area contributed by atoms with E-state index in [1.807, 2.05) is 0 Å². The topological polar surface area (TPSA) is 109 Å². The number of rotatable bonds is 7. The molecular weight excluding hydrogens is 419 g/mol. The minimum atomic E-state index is -4.32. The van der Waals surface area contributed by atoms with Crippen molar-refractivity contribution in [2.24, 2.45) is 0 Å². The Balaban J connectivity index is 1.83. The summed E-state index contributed by atoms with van der Waals surface area (Å²) in [6.45, 7) is 0. The molecule has 1 saturated heterocycles. The quantitative estimate of drug-likeness (QED) is 0.668. The third-order valence-electron chi connectivity index (χ3n) is 4.60. The molecule has 0 saturated carbocycles. The number of nitrogens with one attached hydrogen (secondary N) is 2. The van der Waals surface area contributed by atoms with Gasteiger partial charge in [0.05, 0.1) is 11.5 Å². The summed E-state index contributed by atoms with van der Waals surface area (Å²) in [7, 11) is -7.53. The Labute approximate surface area is 169 Å². The third-order valence-corrected chi connectivity index (χ3v) is 7.87. The van der Waals surface area contributed by atoms with Crippen LogP contribution in [-0.2, 0) is 31.1 Å². The normalized spacial score (nSPS) is 19.6. The van der Waals surface area contributed by atoms with Gasteiger partial charge in [0, 0.05) is 6.04 Å². The second-order valence-electron chi connectivity index (χ2n) is 6.90. The summed E-state index contributed by atoms with van der Waals surface area (Å²) in [5.41, 5.74) is 0.697. The molecule has 0 bridgehead atoms. The Hall–Kier alpha value is -2.30. The van der Waals surface area contributed by atoms with Crippen LogP contribution in [0.2, 0.25) is 0 Å². The number of hydrogen-bond donors (Lipinski definition) is 2. The molecule has 2 aromatic rings. The first-order valence-corrected chi connectivity index (χ1v) is 12.3. The number of hydrogen-bond acceptors (Lipinski definition) is 5. The van der Waals surface area contributed by atoms with E-state index in [1.165, 1.54) is 12.1 Å². The lowest BCUT2D eigenvalue weighted by Gasteiger charge is -2.21. The summed E-state index contributed by atoms with van der Waals surface area (Å²) in [6.07, 6.45) is 0.298. The van der Waals surface area contributed by atoms with Crippen molar-refractivity contribution in [1.82, 2.24) is 10.0 Å². The van der Waals surface area contributed by atoms with Crippen molar-refractivity contribution >= 4 is 25.8 Å². The fourth-order valence-electron chi connectivity index (χ4n) is 3.16. The van der Waals surface area contributed by atoms with Crippen LogP contribution in [-0.4, -0.2) is 46.3 Å². The molecule has 2 aromatic carbocycles. The number of halogens is 1. The molecule has 0 spiro atoms. The van der Waals surface area contributed by atoms with Gasteiger partial charge in [-0.3, -0.25) is 4.79 Å². The predicted molar refractivity (Wildman–Crippen MR) is 106 cm³/mol. The van der Waals surface area contributed by atoms with Crippen LogP contribution in [0.3, 0.4) is 0 Å². The Bertz CT molecular complexity index is 1090. The van der Waals surface area contributed by atoms with Gasteiger partial charge in [-0.2, -0.15) is 4.72 Å². The fraction of sp³-hybridized carbons (Fsp3) is 0.316. The third kappa shape index (κ3) is 5.62. The van der Waals surface area contributed by atoms with Crippen molar-refractivity contribution in [2.45, 2.75) is 29.8 Å². The van der Waals surface area contributed by atoms with Crippen LogP contribution in [0.25, 0.3) is 0 Å². The molecule has 156 valence electrons. The number of sulfone groups is 1. The predicted octanol–water partition coefficient (Wildman–Crippen LogP) is 1.02. The van der Waals surface area contributed by atoms with Gasteiger partial charge in [0.15, 0.2) is 9.84 Å². The highest BCUT2D eigenvalue weighted by molar-refractivity contribution is 7.91. The molecule has 2 atom stereocenters. The van der Waals surface area contributed by atoms with E-state index in [4.69, 9.17) is 0 Å². The van der Waals surface area contributed by atoms with Crippen LogP contribution < -0.4 is 10.0 Å². The molecule has 1 amide bonds. The van der Waals surface area contributed by atoms with Gasteiger partial charge in [0.25, 0.3) is 0 Å². The number of sulfonamides is 1. The first-order valence-electron chi connectivity index (χ1n) is 8.98. The molecule has 7 nitrogen and oxygen atoms in total. The second kappa shape index (κ2) is 8.60. The van der Waals surface area contributed by atoms with Crippen molar-refractivity contribution in [3.8, 4) is 0 Å². The average Bonchev–Trinajstić information content (AvgIpc) is 3.00. The summed E-state index contributed by atoms with van der Waals surface area (Å²) < 4.78 is 64.9. The van der Waals surface area contributed by atoms with Crippen LogP contribution in [0.15, 0.2) is 59.5 Å². The molecule has 29 heavy (non-hydrogen) atoms. The lowest BCUT2D eigenvalue weighted by molar-refractivity contribution is -0.123. The summed E-state index contributed by atoms with van der Waals surface area (Å²) in [4.78, 5) is 12.2. The Kier molecular flexibility index (Phi) is 6.35. The molecule has 0 radical (unpaired) electrons. The van der Waals surface area contributed by atoms with Gasteiger partial charge in [-0.05, 0) is 30.5 Å². The molecule has 1 heterocycles. The highest BCUT2D eigenvalue weighted by Gasteiger charge is 2.33. The summed E-state index contributed by atoms with van der Waals surface area (Å²) in [5, 5.41) is 2.60. The summed E-state index contributed by atoms with van der Waals surface area (Å²) in [6, 6.07) is 11.8.